The van der Waals surface area contributed by atoms with Crippen LogP contribution < -0.4 is 4.90 Å². The van der Waals surface area contributed by atoms with Crippen LogP contribution in [-0.4, -0.2) is 40.5 Å². The number of rotatable bonds is 4. The monoisotopic (exact) mass is 318 g/mol. The van der Waals surface area contributed by atoms with Gasteiger partial charge in [-0.3, -0.25) is 4.79 Å². The summed E-state index contributed by atoms with van der Waals surface area (Å²) in [5.74, 6) is 2.44. The zero-order valence-electron chi connectivity index (χ0n) is 13.6. The fourth-order valence-electron chi connectivity index (χ4n) is 2.92. The van der Waals surface area contributed by atoms with Gasteiger partial charge >= 0.3 is 0 Å². The third-order valence-corrected chi connectivity index (χ3v) is 4.85. The van der Waals surface area contributed by atoms with Crippen molar-refractivity contribution in [3.8, 4) is 0 Å². The van der Waals surface area contributed by atoms with Gasteiger partial charge in [0.05, 0.1) is 12.1 Å². The highest BCUT2D eigenvalue weighted by molar-refractivity contribution is 7.17. The Bertz CT molecular complexity index is 709. The first-order valence-electron chi connectivity index (χ1n) is 7.77. The van der Waals surface area contributed by atoms with Gasteiger partial charge in [-0.2, -0.15) is 0 Å². The number of anilines is 1. The quantitative estimate of drug-likeness (QED) is 0.870. The number of aromatic nitrogens is 2. The Morgan fingerprint density at radius 3 is 2.77 bits per heavy atom. The summed E-state index contributed by atoms with van der Waals surface area (Å²) in [7, 11) is 0. The number of likely N-dealkylation sites (N-methyl/N-ethyl adjacent to an activating group) is 1. The van der Waals surface area contributed by atoms with E-state index in [0.29, 0.717) is 19.1 Å². The lowest BCUT2D eigenvalue weighted by Gasteiger charge is -2.19. The minimum Gasteiger partial charge on any atom is -0.329 e. The Hall–Kier alpha value is -1.69. The summed E-state index contributed by atoms with van der Waals surface area (Å²) in [5.41, 5.74) is 1.30. The molecule has 22 heavy (non-hydrogen) atoms. The van der Waals surface area contributed by atoms with E-state index < -0.39 is 0 Å². The van der Waals surface area contributed by atoms with Crippen molar-refractivity contribution >= 4 is 33.3 Å². The summed E-state index contributed by atoms with van der Waals surface area (Å²) in [6, 6.07) is 0. The van der Waals surface area contributed by atoms with Gasteiger partial charge in [0.2, 0.25) is 5.91 Å². The molecule has 0 aromatic carbocycles. The van der Waals surface area contributed by atoms with Crippen molar-refractivity contribution in [1.82, 2.24) is 14.9 Å². The van der Waals surface area contributed by atoms with E-state index in [0.717, 1.165) is 34.8 Å². The van der Waals surface area contributed by atoms with E-state index in [1.54, 1.807) is 11.3 Å². The molecule has 3 rings (SSSR count). The van der Waals surface area contributed by atoms with E-state index in [-0.39, 0.29) is 5.91 Å². The molecule has 0 spiro atoms. The third kappa shape index (κ3) is 2.67. The molecule has 5 nitrogen and oxygen atoms in total. The normalized spacial score (nSPS) is 15.6. The van der Waals surface area contributed by atoms with Gasteiger partial charge in [0.1, 0.15) is 23.0 Å². The molecule has 0 radical (unpaired) electrons. The first-order valence-corrected chi connectivity index (χ1v) is 8.65. The molecule has 1 amide bonds. The molecule has 1 aliphatic heterocycles. The summed E-state index contributed by atoms with van der Waals surface area (Å²) in [5, 5.41) is 3.33. The van der Waals surface area contributed by atoms with Crippen LogP contribution in [0.1, 0.15) is 32.2 Å². The Kier molecular flexibility index (Phi) is 4.04. The van der Waals surface area contributed by atoms with Crippen molar-refractivity contribution < 1.29 is 4.79 Å². The van der Waals surface area contributed by atoms with Gasteiger partial charge in [0.25, 0.3) is 0 Å². The topological polar surface area (TPSA) is 49.3 Å². The SMILES string of the molecule is CCN1CN(c2nc(C)nc3scc(CC(C)C)c23)CC1=O. The van der Waals surface area contributed by atoms with E-state index in [1.807, 2.05) is 18.7 Å². The number of fused-ring (bicyclic) bond motifs is 1. The van der Waals surface area contributed by atoms with E-state index in [9.17, 15) is 4.79 Å². The zero-order chi connectivity index (χ0) is 15.9. The molecule has 1 saturated heterocycles. The maximum absolute atomic E-state index is 12.1. The standard InChI is InChI=1S/C16H22N4OS/c1-5-19-9-20(7-13(19)21)15-14-12(6-10(2)3)8-22-16(14)18-11(4)17-15/h8,10H,5-7,9H2,1-4H3. The Morgan fingerprint density at radius 1 is 1.36 bits per heavy atom. The molecular weight excluding hydrogens is 296 g/mol. The van der Waals surface area contributed by atoms with Gasteiger partial charge in [0.15, 0.2) is 0 Å². The van der Waals surface area contributed by atoms with Crippen LogP contribution in [0.25, 0.3) is 10.2 Å². The number of aryl methyl sites for hydroxylation is 1. The minimum absolute atomic E-state index is 0.174. The highest BCUT2D eigenvalue weighted by atomic mass is 32.1. The fraction of sp³-hybridized carbons (Fsp3) is 0.562. The third-order valence-electron chi connectivity index (χ3n) is 3.93. The van der Waals surface area contributed by atoms with Gasteiger partial charge in [-0.05, 0) is 37.1 Å². The Balaban J connectivity index is 2.08. The van der Waals surface area contributed by atoms with Crippen LogP contribution >= 0.6 is 11.3 Å². The zero-order valence-corrected chi connectivity index (χ0v) is 14.4. The molecule has 6 heteroatoms. The average Bonchev–Trinajstić information content (AvgIpc) is 3.01. The van der Waals surface area contributed by atoms with Gasteiger partial charge in [0, 0.05) is 6.54 Å². The van der Waals surface area contributed by atoms with E-state index in [1.165, 1.54) is 5.56 Å². The number of hydrogen-bond donors (Lipinski definition) is 0. The van der Waals surface area contributed by atoms with Gasteiger partial charge < -0.3 is 9.80 Å². The Morgan fingerprint density at radius 2 is 2.14 bits per heavy atom. The van der Waals surface area contributed by atoms with Gasteiger partial charge in [-0.15, -0.1) is 11.3 Å². The number of nitrogens with zero attached hydrogens (tertiary/aromatic N) is 4. The van der Waals surface area contributed by atoms with Crippen molar-refractivity contribution in [1.29, 1.82) is 0 Å². The van der Waals surface area contributed by atoms with E-state index >= 15 is 0 Å². The maximum Gasteiger partial charge on any atom is 0.243 e. The van der Waals surface area contributed by atoms with Crippen molar-refractivity contribution in [2.75, 3.05) is 24.7 Å². The second-order valence-electron chi connectivity index (χ2n) is 6.22. The van der Waals surface area contributed by atoms with Crippen molar-refractivity contribution in [2.24, 2.45) is 5.92 Å². The lowest BCUT2D eigenvalue weighted by atomic mass is 10.0. The number of thiophene rings is 1. The molecule has 2 aromatic heterocycles. The number of carbonyl (C=O) groups excluding carboxylic acids is 1. The molecule has 0 saturated carbocycles. The van der Waals surface area contributed by atoms with E-state index in [2.05, 4.69) is 34.1 Å². The van der Waals surface area contributed by atoms with Crippen LogP contribution in [0.3, 0.4) is 0 Å². The molecule has 118 valence electrons. The van der Waals surface area contributed by atoms with Crippen LogP contribution in [0.4, 0.5) is 5.82 Å². The molecule has 0 atom stereocenters. The molecule has 2 aromatic rings. The van der Waals surface area contributed by atoms with Crippen LogP contribution in [0.5, 0.6) is 0 Å². The van der Waals surface area contributed by atoms with Crippen molar-refractivity contribution in [3.05, 3.63) is 16.8 Å². The van der Waals surface area contributed by atoms with Crippen molar-refractivity contribution in [2.45, 2.75) is 34.1 Å². The number of amides is 1. The molecule has 1 fully saturated rings. The fourth-order valence-corrected chi connectivity index (χ4v) is 3.91. The first-order chi connectivity index (χ1) is 10.5. The Labute approximate surface area is 135 Å². The first kappa shape index (κ1) is 15.2. The summed E-state index contributed by atoms with van der Waals surface area (Å²) >= 11 is 1.67. The molecule has 0 N–H and O–H groups in total. The molecule has 0 aliphatic carbocycles. The molecule has 0 unspecified atom stereocenters. The largest absolute Gasteiger partial charge is 0.329 e. The second-order valence-corrected chi connectivity index (χ2v) is 7.08. The lowest BCUT2D eigenvalue weighted by Crippen LogP contribution is -2.27. The molecule has 3 heterocycles. The average molecular weight is 318 g/mol. The summed E-state index contributed by atoms with van der Waals surface area (Å²) < 4.78 is 0. The van der Waals surface area contributed by atoms with Crippen LogP contribution in [0.15, 0.2) is 5.38 Å². The van der Waals surface area contributed by atoms with Crippen molar-refractivity contribution in [3.63, 3.8) is 0 Å². The molecule has 0 bridgehead atoms. The highest BCUT2D eigenvalue weighted by Crippen LogP contribution is 2.34. The minimum atomic E-state index is 0.174. The van der Waals surface area contributed by atoms with Gasteiger partial charge in [-0.25, -0.2) is 9.97 Å². The predicted molar refractivity (Wildman–Crippen MR) is 90.3 cm³/mol. The highest BCUT2D eigenvalue weighted by Gasteiger charge is 2.29. The second kappa shape index (κ2) is 5.83. The van der Waals surface area contributed by atoms with Crippen LogP contribution in [0, 0.1) is 12.8 Å². The summed E-state index contributed by atoms with van der Waals surface area (Å²) in [6.45, 7) is 10.1. The lowest BCUT2D eigenvalue weighted by molar-refractivity contribution is -0.126. The molecule has 1 aliphatic rings. The number of hydrogen-bond acceptors (Lipinski definition) is 5. The number of carbonyl (C=O) groups is 1. The van der Waals surface area contributed by atoms with Gasteiger partial charge in [-0.1, -0.05) is 13.8 Å². The summed E-state index contributed by atoms with van der Waals surface area (Å²) in [6.07, 6.45) is 1.01. The summed E-state index contributed by atoms with van der Waals surface area (Å²) in [4.78, 5) is 26.3. The molecular formula is C16H22N4OS. The smallest absolute Gasteiger partial charge is 0.243 e. The maximum atomic E-state index is 12.1. The van der Waals surface area contributed by atoms with Crippen LogP contribution in [-0.2, 0) is 11.2 Å². The predicted octanol–water partition coefficient (Wildman–Crippen LogP) is 2.82. The van der Waals surface area contributed by atoms with Crippen LogP contribution in [0.2, 0.25) is 0 Å². The van der Waals surface area contributed by atoms with E-state index in [4.69, 9.17) is 0 Å².